The summed E-state index contributed by atoms with van der Waals surface area (Å²) in [5.41, 5.74) is 1.03. The smallest absolute Gasteiger partial charge is 0.253 e. The summed E-state index contributed by atoms with van der Waals surface area (Å²) in [4.78, 5) is 37.6. The Morgan fingerprint density at radius 2 is 1.80 bits per heavy atom. The predicted molar refractivity (Wildman–Crippen MR) is 98.9 cm³/mol. The zero-order valence-corrected chi connectivity index (χ0v) is 14.4. The van der Waals surface area contributed by atoms with Gasteiger partial charge in [-0.25, -0.2) is 0 Å². The Kier molecular flexibility index (Phi) is 5.16. The van der Waals surface area contributed by atoms with E-state index in [1.807, 2.05) is 42.2 Å². The van der Waals surface area contributed by atoms with Crippen molar-refractivity contribution >= 4 is 17.3 Å². The summed E-state index contributed by atoms with van der Waals surface area (Å²) >= 11 is 0. The fraction of sp³-hybridized carbons (Fsp3) is 0.421. The number of anilines is 2. The monoisotopic (exact) mass is 341 g/mol. The third kappa shape index (κ3) is 3.73. The van der Waals surface area contributed by atoms with Crippen molar-refractivity contribution < 1.29 is 4.79 Å². The second-order valence-electron chi connectivity index (χ2n) is 6.45. The molecule has 1 amide bonds. The van der Waals surface area contributed by atoms with Crippen molar-refractivity contribution in [3.05, 3.63) is 56.3 Å². The van der Waals surface area contributed by atoms with Gasteiger partial charge in [-0.2, -0.15) is 0 Å². The Morgan fingerprint density at radius 3 is 2.48 bits per heavy atom. The number of nitrogens with zero attached hydrogens (tertiary/aromatic N) is 1. The van der Waals surface area contributed by atoms with Gasteiger partial charge in [0.25, 0.3) is 10.9 Å². The van der Waals surface area contributed by atoms with Crippen LogP contribution in [0.1, 0.15) is 37.8 Å². The SMILES string of the molecule is C[C@H](NC(=O)CCNc1c(N2CCCC2)c(=O)c1=O)c1ccccc1. The van der Waals surface area contributed by atoms with Gasteiger partial charge in [0.1, 0.15) is 11.4 Å². The first-order valence-electron chi connectivity index (χ1n) is 8.74. The summed E-state index contributed by atoms with van der Waals surface area (Å²) in [6, 6.07) is 9.67. The van der Waals surface area contributed by atoms with E-state index in [2.05, 4.69) is 10.6 Å². The second-order valence-corrected chi connectivity index (χ2v) is 6.45. The van der Waals surface area contributed by atoms with E-state index in [-0.39, 0.29) is 18.4 Å². The van der Waals surface area contributed by atoms with E-state index in [9.17, 15) is 14.4 Å². The van der Waals surface area contributed by atoms with Crippen LogP contribution in [-0.2, 0) is 4.79 Å². The molecule has 6 nitrogen and oxygen atoms in total. The van der Waals surface area contributed by atoms with E-state index in [1.165, 1.54) is 0 Å². The number of hydrogen-bond donors (Lipinski definition) is 2. The molecule has 1 saturated heterocycles. The van der Waals surface area contributed by atoms with Gasteiger partial charge in [0.2, 0.25) is 5.91 Å². The average Bonchev–Trinajstić information content (AvgIpc) is 3.14. The van der Waals surface area contributed by atoms with Crippen molar-refractivity contribution in [3.63, 3.8) is 0 Å². The largest absolute Gasteiger partial charge is 0.379 e. The zero-order chi connectivity index (χ0) is 17.8. The molecule has 0 radical (unpaired) electrons. The van der Waals surface area contributed by atoms with E-state index in [0.717, 1.165) is 31.5 Å². The van der Waals surface area contributed by atoms with Crippen LogP contribution in [0.3, 0.4) is 0 Å². The molecule has 0 unspecified atom stereocenters. The molecule has 132 valence electrons. The highest BCUT2D eigenvalue weighted by molar-refractivity contribution is 5.78. The highest BCUT2D eigenvalue weighted by Gasteiger charge is 2.27. The van der Waals surface area contributed by atoms with Gasteiger partial charge in [0, 0.05) is 26.1 Å². The maximum Gasteiger partial charge on any atom is 0.253 e. The number of benzene rings is 1. The number of carbonyl (C=O) groups excluding carboxylic acids is 1. The fourth-order valence-corrected chi connectivity index (χ4v) is 3.23. The minimum Gasteiger partial charge on any atom is -0.379 e. The van der Waals surface area contributed by atoms with E-state index in [4.69, 9.17) is 0 Å². The minimum absolute atomic E-state index is 0.0695. The molecule has 1 atom stereocenters. The zero-order valence-electron chi connectivity index (χ0n) is 14.4. The molecule has 25 heavy (non-hydrogen) atoms. The molecule has 0 spiro atoms. The number of nitrogens with one attached hydrogen (secondary N) is 2. The van der Waals surface area contributed by atoms with Crippen molar-refractivity contribution in [1.29, 1.82) is 0 Å². The van der Waals surface area contributed by atoms with Crippen LogP contribution in [0.4, 0.5) is 11.4 Å². The molecule has 2 aromatic rings. The van der Waals surface area contributed by atoms with Crippen LogP contribution in [-0.4, -0.2) is 25.5 Å². The summed E-state index contributed by atoms with van der Waals surface area (Å²) in [6.45, 7) is 3.89. The lowest BCUT2D eigenvalue weighted by Crippen LogP contribution is -2.42. The van der Waals surface area contributed by atoms with Crippen LogP contribution in [0.5, 0.6) is 0 Å². The quantitative estimate of drug-likeness (QED) is 0.747. The first kappa shape index (κ1) is 17.2. The number of rotatable bonds is 7. The lowest BCUT2D eigenvalue weighted by atomic mass is 10.1. The van der Waals surface area contributed by atoms with Crippen molar-refractivity contribution in [2.75, 3.05) is 29.9 Å². The van der Waals surface area contributed by atoms with Gasteiger partial charge in [0.05, 0.1) is 6.04 Å². The lowest BCUT2D eigenvalue weighted by molar-refractivity contribution is -0.121. The summed E-state index contributed by atoms with van der Waals surface area (Å²) < 4.78 is 0. The fourth-order valence-electron chi connectivity index (χ4n) is 3.23. The molecule has 1 aliphatic heterocycles. The Hall–Kier alpha value is -2.63. The highest BCUT2D eigenvalue weighted by Crippen LogP contribution is 2.24. The van der Waals surface area contributed by atoms with Gasteiger partial charge in [-0.05, 0) is 25.3 Å². The van der Waals surface area contributed by atoms with Crippen molar-refractivity contribution in [2.45, 2.75) is 32.2 Å². The minimum atomic E-state index is -0.472. The van der Waals surface area contributed by atoms with Gasteiger partial charge in [0.15, 0.2) is 0 Å². The van der Waals surface area contributed by atoms with E-state index in [1.54, 1.807) is 0 Å². The third-order valence-corrected chi connectivity index (χ3v) is 4.64. The maximum atomic E-state index is 12.1. The van der Waals surface area contributed by atoms with Crippen LogP contribution >= 0.6 is 0 Å². The molecule has 6 heteroatoms. The number of amides is 1. The topological polar surface area (TPSA) is 78.5 Å². The molecule has 0 bridgehead atoms. The first-order valence-corrected chi connectivity index (χ1v) is 8.74. The van der Waals surface area contributed by atoms with E-state index >= 15 is 0 Å². The molecule has 0 aliphatic carbocycles. The van der Waals surface area contributed by atoms with Crippen molar-refractivity contribution in [2.24, 2.45) is 0 Å². The Morgan fingerprint density at radius 1 is 1.12 bits per heavy atom. The van der Waals surface area contributed by atoms with E-state index in [0.29, 0.717) is 17.9 Å². The molecule has 0 aromatic heterocycles. The predicted octanol–water partition coefficient (Wildman–Crippen LogP) is 1.56. The number of hydrogen-bond acceptors (Lipinski definition) is 5. The third-order valence-electron chi connectivity index (χ3n) is 4.64. The highest BCUT2D eigenvalue weighted by atomic mass is 16.2. The van der Waals surface area contributed by atoms with Gasteiger partial charge < -0.3 is 15.5 Å². The second kappa shape index (κ2) is 7.51. The summed E-state index contributed by atoms with van der Waals surface area (Å²) in [5.74, 6) is -0.0923. The van der Waals surface area contributed by atoms with Crippen LogP contribution in [0.15, 0.2) is 39.9 Å². The molecule has 1 aliphatic rings. The molecule has 3 rings (SSSR count). The van der Waals surface area contributed by atoms with Crippen molar-refractivity contribution in [3.8, 4) is 0 Å². The van der Waals surface area contributed by atoms with E-state index < -0.39 is 10.9 Å². The molecular formula is C19H23N3O3. The Labute approximate surface area is 146 Å². The first-order chi connectivity index (χ1) is 12.1. The maximum absolute atomic E-state index is 12.1. The van der Waals surface area contributed by atoms with Crippen LogP contribution in [0.2, 0.25) is 0 Å². The number of carbonyl (C=O) groups is 1. The van der Waals surface area contributed by atoms with Crippen LogP contribution < -0.4 is 26.4 Å². The average molecular weight is 341 g/mol. The normalized spacial score (nSPS) is 15.3. The Balaban J connectivity index is 1.50. The standard InChI is InChI=1S/C19H23N3O3/c1-13(14-7-3-2-4-8-14)21-15(23)9-10-20-16-17(19(25)18(16)24)22-11-5-6-12-22/h2-4,7-8,13,20H,5-6,9-12H2,1H3,(H,21,23)/t13-/m0/s1. The van der Waals surface area contributed by atoms with Gasteiger partial charge in [-0.3, -0.25) is 14.4 Å². The van der Waals surface area contributed by atoms with Gasteiger partial charge >= 0.3 is 0 Å². The molecule has 2 aromatic carbocycles. The molecular weight excluding hydrogens is 318 g/mol. The molecule has 1 heterocycles. The summed E-state index contributed by atoms with van der Waals surface area (Å²) in [7, 11) is 0. The van der Waals surface area contributed by atoms with Crippen molar-refractivity contribution in [1.82, 2.24) is 5.32 Å². The van der Waals surface area contributed by atoms with Crippen LogP contribution in [0.25, 0.3) is 0 Å². The molecule has 0 saturated carbocycles. The van der Waals surface area contributed by atoms with Gasteiger partial charge in [-0.1, -0.05) is 30.3 Å². The summed E-state index contributed by atoms with van der Waals surface area (Å²) in [6.07, 6.45) is 2.32. The lowest BCUT2D eigenvalue weighted by Gasteiger charge is -2.22. The Bertz CT molecular complexity index is 803. The van der Waals surface area contributed by atoms with Crippen LogP contribution in [0, 0.1) is 0 Å². The molecule has 1 fully saturated rings. The summed E-state index contributed by atoms with van der Waals surface area (Å²) in [5, 5.41) is 5.91. The van der Waals surface area contributed by atoms with Gasteiger partial charge in [-0.15, -0.1) is 0 Å². The molecule has 2 N–H and O–H groups in total.